The van der Waals surface area contributed by atoms with Crippen molar-refractivity contribution in [1.29, 1.82) is 0 Å². The fraction of sp³-hybridized carbons (Fsp3) is 0.500. The van der Waals surface area contributed by atoms with E-state index in [4.69, 9.17) is 5.73 Å². The number of amidine groups is 1. The van der Waals surface area contributed by atoms with Crippen molar-refractivity contribution in [2.45, 2.75) is 25.9 Å². The number of carbonyl (C=O) groups is 2. The lowest BCUT2D eigenvalue weighted by Gasteiger charge is -2.18. The SMILES string of the molecule is CNCC(=O)N=C(N)C(=O)N(C)Cc1cccc(CN2CCCC2)c1. The molecule has 0 aliphatic carbocycles. The lowest BCUT2D eigenvalue weighted by atomic mass is 10.1. The number of hydrogen-bond acceptors (Lipinski definition) is 4. The van der Waals surface area contributed by atoms with Crippen LogP contribution in [0.15, 0.2) is 29.3 Å². The molecule has 1 heterocycles. The second kappa shape index (κ2) is 9.29. The Morgan fingerprint density at radius 2 is 1.96 bits per heavy atom. The van der Waals surface area contributed by atoms with Crippen LogP contribution >= 0.6 is 0 Å². The zero-order chi connectivity index (χ0) is 18.2. The molecule has 0 radical (unpaired) electrons. The predicted molar refractivity (Wildman–Crippen MR) is 98.0 cm³/mol. The van der Waals surface area contributed by atoms with Gasteiger partial charge in [-0.25, -0.2) is 0 Å². The van der Waals surface area contributed by atoms with Gasteiger partial charge in [0.1, 0.15) is 0 Å². The summed E-state index contributed by atoms with van der Waals surface area (Å²) in [5, 5.41) is 2.68. The van der Waals surface area contributed by atoms with E-state index in [-0.39, 0.29) is 12.4 Å². The van der Waals surface area contributed by atoms with Gasteiger partial charge in [0.15, 0.2) is 5.84 Å². The van der Waals surface area contributed by atoms with Crippen LogP contribution in [0.25, 0.3) is 0 Å². The highest BCUT2D eigenvalue weighted by Crippen LogP contribution is 2.14. The third-order valence-electron chi connectivity index (χ3n) is 4.15. The highest BCUT2D eigenvalue weighted by atomic mass is 16.2. The lowest BCUT2D eigenvalue weighted by Crippen LogP contribution is -2.38. The first-order valence-electron chi connectivity index (χ1n) is 8.57. The van der Waals surface area contributed by atoms with Gasteiger partial charge in [-0.1, -0.05) is 24.3 Å². The molecule has 0 unspecified atom stereocenters. The second-order valence-electron chi connectivity index (χ2n) is 6.39. The summed E-state index contributed by atoms with van der Waals surface area (Å²) in [4.78, 5) is 31.2. The van der Waals surface area contributed by atoms with Crippen molar-refractivity contribution in [1.82, 2.24) is 15.1 Å². The summed E-state index contributed by atoms with van der Waals surface area (Å²) >= 11 is 0. The number of aliphatic imine (C=N–C) groups is 1. The van der Waals surface area contributed by atoms with Gasteiger partial charge < -0.3 is 16.0 Å². The summed E-state index contributed by atoms with van der Waals surface area (Å²) in [6.45, 7) is 3.71. The number of nitrogens with zero attached hydrogens (tertiary/aromatic N) is 3. The minimum atomic E-state index is -0.464. The Kier molecular flexibility index (Phi) is 7.09. The van der Waals surface area contributed by atoms with Crippen LogP contribution in [-0.2, 0) is 22.7 Å². The monoisotopic (exact) mass is 345 g/mol. The van der Waals surface area contributed by atoms with Gasteiger partial charge in [-0.05, 0) is 44.1 Å². The van der Waals surface area contributed by atoms with Crippen LogP contribution < -0.4 is 11.1 Å². The van der Waals surface area contributed by atoms with E-state index in [1.165, 1.54) is 23.3 Å². The van der Waals surface area contributed by atoms with Crippen LogP contribution in [-0.4, -0.2) is 61.2 Å². The van der Waals surface area contributed by atoms with Crippen molar-refractivity contribution in [3.05, 3.63) is 35.4 Å². The lowest BCUT2D eigenvalue weighted by molar-refractivity contribution is -0.124. The van der Waals surface area contributed by atoms with Crippen LogP contribution in [0.4, 0.5) is 0 Å². The summed E-state index contributed by atoms with van der Waals surface area (Å²) in [7, 11) is 3.28. The van der Waals surface area contributed by atoms with E-state index in [1.807, 2.05) is 12.1 Å². The van der Waals surface area contributed by atoms with Crippen molar-refractivity contribution < 1.29 is 9.59 Å². The third kappa shape index (κ3) is 5.95. The number of likely N-dealkylation sites (N-methyl/N-ethyl adjacent to an activating group) is 2. The molecule has 0 atom stereocenters. The van der Waals surface area contributed by atoms with Crippen LogP contribution in [0.2, 0.25) is 0 Å². The number of nitrogens with two attached hydrogens (primary N) is 1. The quantitative estimate of drug-likeness (QED) is 0.573. The fourth-order valence-corrected chi connectivity index (χ4v) is 2.94. The maximum atomic E-state index is 12.2. The molecule has 25 heavy (non-hydrogen) atoms. The van der Waals surface area contributed by atoms with Gasteiger partial charge in [-0.2, -0.15) is 4.99 Å². The molecule has 1 aliphatic heterocycles. The molecule has 136 valence electrons. The molecule has 3 N–H and O–H groups in total. The molecule has 2 rings (SSSR count). The van der Waals surface area contributed by atoms with E-state index in [9.17, 15) is 9.59 Å². The summed E-state index contributed by atoms with van der Waals surface area (Å²) < 4.78 is 0. The van der Waals surface area contributed by atoms with Crippen molar-refractivity contribution >= 4 is 17.6 Å². The summed E-state index contributed by atoms with van der Waals surface area (Å²) in [5.74, 6) is -1.19. The van der Waals surface area contributed by atoms with E-state index < -0.39 is 11.8 Å². The maximum Gasteiger partial charge on any atom is 0.289 e. The van der Waals surface area contributed by atoms with E-state index in [0.29, 0.717) is 6.54 Å². The van der Waals surface area contributed by atoms with Gasteiger partial charge >= 0.3 is 0 Å². The average Bonchev–Trinajstić information content (AvgIpc) is 3.07. The Labute approximate surface area is 148 Å². The zero-order valence-corrected chi connectivity index (χ0v) is 15.0. The number of nitrogens with one attached hydrogen (secondary N) is 1. The van der Waals surface area contributed by atoms with Crippen LogP contribution in [0, 0.1) is 0 Å². The largest absolute Gasteiger partial charge is 0.379 e. The first-order chi connectivity index (χ1) is 12.0. The van der Waals surface area contributed by atoms with Gasteiger partial charge in [-0.15, -0.1) is 0 Å². The molecule has 1 aliphatic rings. The van der Waals surface area contributed by atoms with Gasteiger partial charge in [0.05, 0.1) is 6.54 Å². The molecule has 0 bridgehead atoms. The molecule has 1 aromatic carbocycles. The number of hydrogen-bond donors (Lipinski definition) is 2. The topological polar surface area (TPSA) is 91.0 Å². The van der Waals surface area contributed by atoms with Crippen LogP contribution in [0.1, 0.15) is 24.0 Å². The maximum absolute atomic E-state index is 12.2. The van der Waals surface area contributed by atoms with E-state index >= 15 is 0 Å². The van der Waals surface area contributed by atoms with Crippen molar-refractivity contribution in [2.75, 3.05) is 33.7 Å². The normalized spacial score (nSPS) is 15.4. The standard InChI is InChI=1S/C18H27N5O2/c1-20-11-16(24)21-17(19)18(25)22(2)12-14-6-5-7-15(10-14)13-23-8-3-4-9-23/h5-7,10,20H,3-4,8-9,11-13H2,1-2H3,(H2,19,21,24). The summed E-state index contributed by atoms with van der Waals surface area (Å²) in [6, 6.07) is 8.21. The molecule has 7 heteroatoms. The van der Waals surface area contributed by atoms with Crippen LogP contribution in [0.3, 0.4) is 0 Å². The first kappa shape index (κ1) is 19.1. The van der Waals surface area contributed by atoms with Gasteiger partial charge in [0.2, 0.25) is 0 Å². The molecular weight excluding hydrogens is 318 g/mol. The number of carbonyl (C=O) groups excluding carboxylic acids is 2. The number of rotatable bonds is 6. The van der Waals surface area contributed by atoms with Gasteiger partial charge in [-0.3, -0.25) is 14.5 Å². The minimum Gasteiger partial charge on any atom is -0.379 e. The Hall–Kier alpha value is -2.25. The second-order valence-corrected chi connectivity index (χ2v) is 6.39. The summed E-state index contributed by atoms with van der Waals surface area (Å²) in [5.41, 5.74) is 7.92. The zero-order valence-electron chi connectivity index (χ0n) is 15.0. The van der Waals surface area contributed by atoms with Gasteiger partial charge in [0.25, 0.3) is 11.8 Å². The molecule has 1 saturated heterocycles. The molecule has 1 fully saturated rings. The van der Waals surface area contributed by atoms with E-state index in [2.05, 4.69) is 27.3 Å². The smallest absolute Gasteiger partial charge is 0.289 e. The molecule has 1 aromatic rings. The fourth-order valence-electron chi connectivity index (χ4n) is 2.94. The molecule has 7 nitrogen and oxygen atoms in total. The predicted octanol–water partition coefficient (Wildman–Crippen LogP) is 0.344. The number of benzene rings is 1. The molecule has 0 aromatic heterocycles. The third-order valence-corrected chi connectivity index (χ3v) is 4.15. The van der Waals surface area contributed by atoms with Crippen molar-refractivity contribution in [3.8, 4) is 0 Å². The Bertz CT molecular complexity index is 638. The first-order valence-corrected chi connectivity index (χ1v) is 8.57. The minimum absolute atomic E-state index is 0.0518. The molecule has 2 amide bonds. The molecule has 0 saturated carbocycles. The highest BCUT2D eigenvalue weighted by molar-refractivity contribution is 6.38. The number of likely N-dealkylation sites (tertiary alicyclic amines) is 1. The van der Waals surface area contributed by atoms with E-state index in [0.717, 1.165) is 25.2 Å². The highest BCUT2D eigenvalue weighted by Gasteiger charge is 2.16. The van der Waals surface area contributed by atoms with Gasteiger partial charge in [0, 0.05) is 20.1 Å². The Morgan fingerprint density at radius 3 is 2.64 bits per heavy atom. The average molecular weight is 345 g/mol. The molecular formula is C18H27N5O2. The summed E-state index contributed by atoms with van der Waals surface area (Å²) in [6.07, 6.45) is 2.53. The van der Waals surface area contributed by atoms with E-state index in [1.54, 1.807) is 14.1 Å². The van der Waals surface area contributed by atoms with Crippen LogP contribution in [0.5, 0.6) is 0 Å². The molecule has 0 spiro atoms. The Morgan fingerprint density at radius 1 is 1.28 bits per heavy atom. The van der Waals surface area contributed by atoms with Crippen molar-refractivity contribution in [2.24, 2.45) is 10.7 Å². The number of amides is 2. The Balaban J connectivity index is 1.95. The van der Waals surface area contributed by atoms with Crippen molar-refractivity contribution in [3.63, 3.8) is 0 Å².